The number of aryl methyl sites for hydroxylation is 1. The summed E-state index contributed by atoms with van der Waals surface area (Å²) in [7, 11) is 0. The lowest BCUT2D eigenvalue weighted by Gasteiger charge is -2.02. The summed E-state index contributed by atoms with van der Waals surface area (Å²) in [5.74, 6) is -0.276. The minimum atomic E-state index is -0.457. The van der Waals surface area contributed by atoms with E-state index in [1.54, 1.807) is 13.0 Å². The number of nitrogens with zero attached hydrogens (tertiary/aromatic N) is 3. The predicted molar refractivity (Wildman–Crippen MR) is 66.0 cm³/mol. The van der Waals surface area contributed by atoms with E-state index in [0.717, 1.165) is 0 Å². The molecular weight excluding hydrogens is 253 g/mol. The maximum atomic E-state index is 13.7. The molecule has 0 aliphatic heterocycles. The summed E-state index contributed by atoms with van der Waals surface area (Å²) in [6, 6.07) is 2.99. The molecule has 1 aromatic carbocycles. The van der Waals surface area contributed by atoms with Gasteiger partial charge in [0.25, 0.3) is 0 Å². The van der Waals surface area contributed by atoms with E-state index >= 15 is 0 Å². The zero-order valence-electron chi connectivity index (χ0n) is 9.86. The van der Waals surface area contributed by atoms with Crippen LogP contribution in [0.2, 0.25) is 0 Å². The number of fused-ring (bicyclic) bond motifs is 1. The molecule has 0 fully saturated rings. The van der Waals surface area contributed by atoms with Gasteiger partial charge < -0.3 is 10.5 Å². The van der Waals surface area contributed by atoms with Crippen molar-refractivity contribution in [3.8, 4) is 11.4 Å². The number of tetrazole rings is 1. The van der Waals surface area contributed by atoms with Crippen molar-refractivity contribution in [2.45, 2.75) is 6.92 Å². The molecule has 0 aliphatic rings. The summed E-state index contributed by atoms with van der Waals surface area (Å²) in [6.45, 7) is 1.73. The van der Waals surface area contributed by atoms with Gasteiger partial charge in [-0.15, -0.1) is 10.2 Å². The predicted octanol–water partition coefficient (Wildman–Crippen LogP) is 0.331. The van der Waals surface area contributed by atoms with Crippen LogP contribution in [0.1, 0.15) is 5.56 Å². The number of halogens is 1. The van der Waals surface area contributed by atoms with Gasteiger partial charge in [0, 0.05) is 11.6 Å². The third-order valence-corrected chi connectivity index (χ3v) is 2.67. The molecule has 19 heavy (non-hydrogen) atoms. The maximum absolute atomic E-state index is 13.7. The molecule has 3 aromatic rings. The molecular formula is C11H10FN5O2. The Morgan fingerprint density at radius 1 is 1.32 bits per heavy atom. The van der Waals surface area contributed by atoms with Gasteiger partial charge in [-0.2, -0.15) is 5.21 Å². The molecule has 0 unspecified atom stereocenters. The molecule has 0 saturated heterocycles. The van der Waals surface area contributed by atoms with Gasteiger partial charge in [0.1, 0.15) is 5.82 Å². The molecule has 0 atom stereocenters. The maximum Gasteiger partial charge on any atom is 0.210 e. The molecule has 2 heterocycles. The van der Waals surface area contributed by atoms with Crippen LogP contribution in [-0.2, 0) is 0 Å². The van der Waals surface area contributed by atoms with Crippen molar-refractivity contribution in [2.75, 3.05) is 0 Å². The van der Waals surface area contributed by atoms with E-state index in [1.807, 2.05) is 0 Å². The largest absolute Gasteiger partial charge is 0.412 e. The molecule has 0 spiro atoms. The van der Waals surface area contributed by atoms with Crippen LogP contribution >= 0.6 is 0 Å². The van der Waals surface area contributed by atoms with E-state index in [9.17, 15) is 9.18 Å². The van der Waals surface area contributed by atoms with Gasteiger partial charge in [-0.1, -0.05) is 0 Å². The number of hydrogen-bond acceptors (Lipinski definition) is 4. The summed E-state index contributed by atoms with van der Waals surface area (Å²) in [5, 5.41) is 13.4. The lowest BCUT2D eigenvalue weighted by Crippen LogP contribution is -2.08. The molecule has 0 bridgehead atoms. The van der Waals surface area contributed by atoms with E-state index in [2.05, 4.69) is 25.6 Å². The fourth-order valence-corrected chi connectivity index (χ4v) is 1.86. The van der Waals surface area contributed by atoms with Gasteiger partial charge in [-0.3, -0.25) is 4.79 Å². The monoisotopic (exact) mass is 263 g/mol. The minimum Gasteiger partial charge on any atom is -0.412 e. The highest BCUT2D eigenvalue weighted by molar-refractivity contribution is 5.83. The van der Waals surface area contributed by atoms with Crippen molar-refractivity contribution in [3.05, 3.63) is 39.9 Å². The van der Waals surface area contributed by atoms with Crippen molar-refractivity contribution < 1.29 is 9.87 Å². The summed E-state index contributed by atoms with van der Waals surface area (Å²) >= 11 is 0. The van der Waals surface area contributed by atoms with Gasteiger partial charge >= 0.3 is 0 Å². The lowest BCUT2D eigenvalue weighted by molar-refractivity contribution is 0.635. The number of H-pyrrole nitrogens is 2. The number of rotatable bonds is 1. The normalized spacial score (nSPS) is 10.4. The quantitative estimate of drug-likeness (QED) is 0.657. The molecule has 2 aromatic heterocycles. The number of hydrogen-bond donors (Lipinski definition) is 2. The molecule has 0 saturated carbocycles. The van der Waals surface area contributed by atoms with Gasteiger partial charge in [-0.25, -0.2) is 4.39 Å². The minimum absolute atomic E-state index is 0. The number of aromatic nitrogens is 5. The number of benzene rings is 1. The van der Waals surface area contributed by atoms with Crippen molar-refractivity contribution in [3.63, 3.8) is 0 Å². The molecule has 0 amide bonds. The first-order valence-corrected chi connectivity index (χ1v) is 5.22. The third kappa shape index (κ3) is 1.97. The first-order valence-electron chi connectivity index (χ1n) is 5.22. The van der Waals surface area contributed by atoms with Crippen LogP contribution in [0.5, 0.6) is 0 Å². The fraction of sp³-hybridized carbons (Fsp3) is 0.0909. The summed E-state index contributed by atoms with van der Waals surface area (Å²) in [5.41, 5.74) is 0.780. The second-order valence-corrected chi connectivity index (χ2v) is 3.94. The topological polar surface area (TPSA) is 119 Å². The zero-order valence-corrected chi connectivity index (χ0v) is 9.86. The van der Waals surface area contributed by atoms with E-state index in [-0.39, 0.29) is 33.2 Å². The van der Waals surface area contributed by atoms with Gasteiger partial charge in [0.05, 0.1) is 11.1 Å². The Balaban J connectivity index is 0.00000133. The van der Waals surface area contributed by atoms with E-state index < -0.39 is 5.82 Å². The SMILES string of the molecule is Cc1cc(F)c2[nH]cc(-c3nn[nH]n3)c(=O)c2c1.O. The zero-order chi connectivity index (χ0) is 12.7. The van der Waals surface area contributed by atoms with Crippen molar-refractivity contribution in [2.24, 2.45) is 0 Å². The Morgan fingerprint density at radius 3 is 2.79 bits per heavy atom. The van der Waals surface area contributed by atoms with Crippen LogP contribution in [0.4, 0.5) is 4.39 Å². The Bertz CT molecular complexity index is 782. The highest BCUT2D eigenvalue weighted by atomic mass is 19.1. The fourth-order valence-electron chi connectivity index (χ4n) is 1.86. The Kier molecular flexibility index (Phi) is 3.09. The van der Waals surface area contributed by atoms with Crippen LogP contribution in [0.25, 0.3) is 22.3 Å². The molecule has 3 rings (SSSR count). The van der Waals surface area contributed by atoms with Crippen LogP contribution in [0.15, 0.2) is 23.1 Å². The van der Waals surface area contributed by atoms with Gasteiger partial charge in [-0.05, 0) is 29.8 Å². The number of pyridine rings is 1. The first-order chi connectivity index (χ1) is 8.66. The summed E-state index contributed by atoms with van der Waals surface area (Å²) in [4.78, 5) is 15.0. The van der Waals surface area contributed by atoms with Gasteiger partial charge in [0.2, 0.25) is 11.3 Å². The molecule has 7 nitrogen and oxygen atoms in total. The van der Waals surface area contributed by atoms with E-state index in [0.29, 0.717) is 5.56 Å². The number of nitrogens with one attached hydrogen (secondary N) is 2. The highest BCUT2D eigenvalue weighted by Crippen LogP contribution is 2.17. The second-order valence-electron chi connectivity index (χ2n) is 3.94. The van der Waals surface area contributed by atoms with Crippen molar-refractivity contribution in [1.82, 2.24) is 25.6 Å². The number of aromatic amines is 2. The van der Waals surface area contributed by atoms with Crippen molar-refractivity contribution >= 4 is 10.9 Å². The molecule has 98 valence electrons. The Morgan fingerprint density at radius 2 is 2.11 bits per heavy atom. The van der Waals surface area contributed by atoms with Crippen LogP contribution in [-0.4, -0.2) is 31.1 Å². The first kappa shape index (κ1) is 12.8. The Labute approximate surface area is 105 Å². The van der Waals surface area contributed by atoms with Crippen molar-refractivity contribution in [1.29, 1.82) is 0 Å². The van der Waals surface area contributed by atoms with Gasteiger partial charge in [0.15, 0.2) is 0 Å². The summed E-state index contributed by atoms with van der Waals surface area (Å²) < 4.78 is 13.7. The molecule has 0 radical (unpaired) electrons. The van der Waals surface area contributed by atoms with Crippen LogP contribution in [0, 0.1) is 12.7 Å². The van der Waals surface area contributed by atoms with Crippen LogP contribution in [0.3, 0.4) is 0 Å². The standard InChI is InChI=1S/C11H8FN5O.H2O/c1-5-2-6-9(8(12)3-5)13-4-7(10(6)18)11-14-16-17-15-11;/h2-4H,1H3,(H,13,18)(H,14,15,16,17);1H2. The second kappa shape index (κ2) is 4.58. The molecule has 4 N–H and O–H groups in total. The summed E-state index contributed by atoms with van der Waals surface area (Å²) in [6.07, 6.45) is 1.38. The highest BCUT2D eigenvalue weighted by Gasteiger charge is 2.13. The third-order valence-electron chi connectivity index (χ3n) is 2.67. The average molecular weight is 263 g/mol. The lowest BCUT2D eigenvalue weighted by atomic mass is 10.1. The smallest absolute Gasteiger partial charge is 0.210 e. The molecule has 8 heteroatoms. The van der Waals surface area contributed by atoms with E-state index in [4.69, 9.17) is 0 Å². The van der Waals surface area contributed by atoms with Crippen LogP contribution < -0.4 is 5.43 Å². The van der Waals surface area contributed by atoms with E-state index in [1.165, 1.54) is 12.3 Å². The molecule has 0 aliphatic carbocycles. The Hall–Kier alpha value is -2.61. The average Bonchev–Trinajstić information content (AvgIpc) is 2.84.